The lowest BCUT2D eigenvalue weighted by atomic mass is 9.74. The van der Waals surface area contributed by atoms with Crippen LogP contribution in [0.3, 0.4) is 0 Å². The minimum absolute atomic E-state index is 0. The van der Waals surface area contributed by atoms with Gasteiger partial charge in [-0.15, -0.1) is 12.4 Å². The lowest BCUT2D eigenvalue weighted by Gasteiger charge is -2.44. The van der Waals surface area contributed by atoms with Crippen LogP contribution in [0.1, 0.15) is 31.9 Å². The largest absolute Gasteiger partial charge is 0.377 e. The highest BCUT2D eigenvalue weighted by Crippen LogP contribution is 2.42. The summed E-state index contributed by atoms with van der Waals surface area (Å²) < 4.78 is 8.15. The lowest BCUT2D eigenvalue weighted by molar-refractivity contribution is 0.0912. The summed E-state index contributed by atoms with van der Waals surface area (Å²) in [5.41, 5.74) is 5.79. The van der Waals surface area contributed by atoms with Crippen molar-refractivity contribution in [2.45, 2.75) is 32.7 Å². The van der Waals surface area contributed by atoms with Crippen molar-refractivity contribution < 1.29 is 4.74 Å². The molecule has 3 aromatic rings. The Labute approximate surface area is 173 Å². The second kappa shape index (κ2) is 8.38. The third-order valence-electron chi connectivity index (χ3n) is 5.60. The number of benzene rings is 1. The number of aromatic nitrogens is 2. The van der Waals surface area contributed by atoms with E-state index in [-0.39, 0.29) is 17.9 Å². The van der Waals surface area contributed by atoms with Gasteiger partial charge in [-0.25, -0.2) is 4.98 Å². The highest BCUT2D eigenvalue weighted by Gasteiger charge is 2.41. The maximum Gasteiger partial charge on any atom is 0.142 e. The molecule has 0 amide bonds. The average molecular weight is 398 g/mol. The number of hydrogen-bond acceptors (Lipinski definition) is 3. The maximum absolute atomic E-state index is 6.07. The van der Waals surface area contributed by atoms with Crippen LogP contribution in [0.2, 0.25) is 0 Å². The molecule has 0 spiro atoms. The molecule has 1 aliphatic heterocycles. The van der Waals surface area contributed by atoms with Crippen LogP contribution in [-0.2, 0) is 16.7 Å². The van der Waals surface area contributed by atoms with Gasteiger partial charge >= 0.3 is 0 Å². The van der Waals surface area contributed by atoms with Crippen molar-refractivity contribution in [3.05, 3.63) is 77.8 Å². The fourth-order valence-corrected chi connectivity index (χ4v) is 3.97. The van der Waals surface area contributed by atoms with Gasteiger partial charge in [-0.1, -0.05) is 35.9 Å². The van der Waals surface area contributed by atoms with E-state index in [0.29, 0.717) is 19.1 Å². The number of nitrogens with one attached hydrogen (secondary N) is 1. The molecule has 4 nitrogen and oxygen atoms in total. The molecule has 1 aliphatic rings. The van der Waals surface area contributed by atoms with Gasteiger partial charge < -0.3 is 14.5 Å². The van der Waals surface area contributed by atoms with Crippen molar-refractivity contribution in [2.24, 2.45) is 5.92 Å². The summed E-state index contributed by atoms with van der Waals surface area (Å²) in [5.74, 6) is 0.306. The smallest absolute Gasteiger partial charge is 0.142 e. The molecule has 2 unspecified atom stereocenters. The molecule has 2 atom stereocenters. The van der Waals surface area contributed by atoms with Crippen LogP contribution in [-0.4, -0.2) is 22.6 Å². The van der Waals surface area contributed by atoms with E-state index in [9.17, 15) is 0 Å². The first kappa shape index (κ1) is 20.4. The van der Waals surface area contributed by atoms with Gasteiger partial charge in [-0.3, -0.25) is 0 Å². The SMILES string of the molecule is CC(C)=CCOCC1Cc2ccccc2NC1(C)c1cccn2ccnc12.Cl. The number of anilines is 1. The van der Waals surface area contributed by atoms with Crippen LogP contribution in [0.4, 0.5) is 5.69 Å². The first-order valence-corrected chi connectivity index (χ1v) is 9.57. The van der Waals surface area contributed by atoms with Crippen molar-refractivity contribution in [2.75, 3.05) is 18.5 Å². The number of ether oxygens (including phenoxy) is 1. The molecular weight excluding hydrogens is 370 g/mol. The van der Waals surface area contributed by atoms with Crippen LogP contribution >= 0.6 is 12.4 Å². The minimum atomic E-state index is -0.257. The van der Waals surface area contributed by atoms with Crippen LogP contribution in [0, 0.1) is 5.92 Å². The summed E-state index contributed by atoms with van der Waals surface area (Å²) >= 11 is 0. The summed E-state index contributed by atoms with van der Waals surface area (Å²) in [6.45, 7) is 7.84. The van der Waals surface area contributed by atoms with Crippen molar-refractivity contribution in [3.8, 4) is 0 Å². The third kappa shape index (κ3) is 3.80. The highest BCUT2D eigenvalue weighted by atomic mass is 35.5. The molecule has 0 saturated carbocycles. The number of rotatable bonds is 5. The van der Waals surface area contributed by atoms with Gasteiger partial charge in [-0.2, -0.15) is 0 Å². The minimum Gasteiger partial charge on any atom is -0.377 e. The summed E-state index contributed by atoms with van der Waals surface area (Å²) in [6.07, 6.45) is 9.03. The summed E-state index contributed by atoms with van der Waals surface area (Å²) in [6, 6.07) is 12.9. The Kier molecular flexibility index (Phi) is 6.11. The molecule has 0 saturated heterocycles. The first-order valence-electron chi connectivity index (χ1n) is 9.57. The molecule has 0 fully saturated rings. The molecular formula is C23H28ClN3O. The van der Waals surface area contributed by atoms with Gasteiger partial charge in [-0.05, 0) is 44.9 Å². The predicted octanol–water partition coefficient (Wildman–Crippen LogP) is 5.24. The molecule has 4 rings (SSSR count). The van der Waals surface area contributed by atoms with Crippen LogP contribution in [0.5, 0.6) is 0 Å². The number of para-hydroxylation sites is 1. The van der Waals surface area contributed by atoms with Gasteiger partial charge in [0.1, 0.15) is 5.65 Å². The van der Waals surface area contributed by atoms with Gasteiger partial charge in [0.15, 0.2) is 0 Å². The van der Waals surface area contributed by atoms with Crippen LogP contribution < -0.4 is 5.32 Å². The third-order valence-corrected chi connectivity index (χ3v) is 5.60. The topological polar surface area (TPSA) is 38.6 Å². The molecule has 2 aromatic heterocycles. The lowest BCUT2D eigenvalue weighted by Crippen LogP contribution is -2.46. The Morgan fingerprint density at radius 3 is 2.89 bits per heavy atom. The number of pyridine rings is 1. The van der Waals surface area contributed by atoms with E-state index < -0.39 is 0 Å². The van der Waals surface area contributed by atoms with E-state index in [2.05, 4.69) is 77.9 Å². The van der Waals surface area contributed by atoms with Crippen LogP contribution in [0.15, 0.2) is 66.6 Å². The molecule has 148 valence electrons. The molecule has 1 N–H and O–H groups in total. The first-order chi connectivity index (χ1) is 13.1. The van der Waals surface area contributed by atoms with E-state index in [1.54, 1.807) is 0 Å². The zero-order chi connectivity index (χ0) is 18.9. The van der Waals surface area contributed by atoms with Crippen molar-refractivity contribution in [3.63, 3.8) is 0 Å². The van der Waals surface area contributed by atoms with Crippen molar-refractivity contribution in [1.29, 1.82) is 0 Å². The van der Waals surface area contributed by atoms with Crippen LogP contribution in [0.25, 0.3) is 5.65 Å². The Balaban J connectivity index is 0.00000225. The summed E-state index contributed by atoms with van der Waals surface area (Å²) in [5, 5.41) is 3.82. The Hall–Kier alpha value is -2.30. The van der Waals surface area contributed by atoms with E-state index >= 15 is 0 Å². The molecule has 5 heteroatoms. The number of allylic oxidation sites excluding steroid dienone is 1. The van der Waals surface area contributed by atoms with Gasteiger partial charge in [0.25, 0.3) is 0 Å². The molecule has 28 heavy (non-hydrogen) atoms. The number of nitrogens with zero attached hydrogens (tertiary/aromatic N) is 2. The summed E-state index contributed by atoms with van der Waals surface area (Å²) in [4.78, 5) is 4.62. The number of hydrogen-bond donors (Lipinski definition) is 1. The summed E-state index contributed by atoms with van der Waals surface area (Å²) in [7, 11) is 0. The predicted molar refractivity (Wildman–Crippen MR) is 117 cm³/mol. The zero-order valence-corrected chi connectivity index (χ0v) is 17.5. The Bertz CT molecular complexity index is 977. The van der Waals surface area contributed by atoms with Gasteiger partial charge in [0.05, 0.1) is 18.8 Å². The van der Waals surface area contributed by atoms with E-state index in [0.717, 1.165) is 12.1 Å². The standard InChI is InChI=1S/C23H27N3O.ClH/c1-17(2)10-14-27-16-19-15-18-7-4-5-9-21(18)25-23(19,3)20-8-6-12-26-13-11-24-22(20)26;/h4-13,19,25H,14-16H2,1-3H3;1H. The monoisotopic (exact) mass is 397 g/mol. The molecule has 0 bridgehead atoms. The quantitative estimate of drug-likeness (QED) is 0.472. The maximum atomic E-state index is 6.07. The van der Waals surface area contributed by atoms with Gasteiger partial charge in [0.2, 0.25) is 0 Å². The van der Waals surface area contributed by atoms with Crippen molar-refractivity contribution in [1.82, 2.24) is 9.38 Å². The van der Waals surface area contributed by atoms with E-state index in [4.69, 9.17) is 4.74 Å². The number of imidazole rings is 1. The second-order valence-corrected chi connectivity index (χ2v) is 7.78. The van der Waals surface area contributed by atoms with E-state index in [1.807, 2.05) is 18.6 Å². The fourth-order valence-electron chi connectivity index (χ4n) is 3.97. The molecule has 0 aliphatic carbocycles. The molecule has 0 radical (unpaired) electrons. The van der Waals surface area contributed by atoms with Gasteiger partial charge in [0, 0.05) is 35.8 Å². The fraction of sp³-hybridized carbons (Fsp3) is 0.348. The Morgan fingerprint density at radius 2 is 2.07 bits per heavy atom. The number of fused-ring (bicyclic) bond motifs is 2. The highest BCUT2D eigenvalue weighted by molar-refractivity contribution is 5.85. The zero-order valence-electron chi connectivity index (χ0n) is 16.7. The normalized spacial score (nSPS) is 20.8. The number of halogens is 1. The molecule has 1 aromatic carbocycles. The Morgan fingerprint density at radius 1 is 1.25 bits per heavy atom. The molecule has 3 heterocycles. The second-order valence-electron chi connectivity index (χ2n) is 7.78. The average Bonchev–Trinajstić information content (AvgIpc) is 3.14. The van der Waals surface area contributed by atoms with Crippen molar-refractivity contribution >= 4 is 23.7 Å². The van der Waals surface area contributed by atoms with E-state index in [1.165, 1.54) is 22.4 Å².